The Balaban J connectivity index is 1.58. The average Bonchev–Trinajstić information content (AvgIpc) is 3.08. The van der Waals surface area contributed by atoms with Crippen LogP contribution in [0.5, 0.6) is 0 Å². The van der Waals surface area contributed by atoms with E-state index >= 15 is 0 Å². The first-order valence-electron chi connectivity index (χ1n) is 9.43. The molecule has 1 aromatic heterocycles. The van der Waals surface area contributed by atoms with Gasteiger partial charge in [-0.3, -0.25) is 9.59 Å². The van der Waals surface area contributed by atoms with Crippen molar-refractivity contribution in [2.24, 2.45) is 0 Å². The number of piperazine rings is 1. The summed E-state index contributed by atoms with van der Waals surface area (Å²) in [6.45, 7) is 2.92. The Bertz CT molecular complexity index is 1100. The number of hydrogen-bond acceptors (Lipinski definition) is 2. The molecule has 1 N–H and O–H groups in total. The molecule has 2 amide bonds. The highest BCUT2D eigenvalue weighted by Crippen LogP contribution is 2.42. The van der Waals surface area contributed by atoms with Gasteiger partial charge >= 0.3 is 0 Å². The zero-order chi connectivity index (χ0) is 19.5. The molecular formula is C22H20ClN3O2. The topological polar surface area (TPSA) is 56.4 Å². The van der Waals surface area contributed by atoms with Gasteiger partial charge in [-0.2, -0.15) is 0 Å². The lowest BCUT2D eigenvalue weighted by atomic mass is 9.83. The first-order valence-corrected chi connectivity index (χ1v) is 9.80. The van der Waals surface area contributed by atoms with E-state index in [0.717, 1.165) is 34.1 Å². The van der Waals surface area contributed by atoms with E-state index in [9.17, 15) is 9.59 Å². The number of carbonyl (C=O) groups excluding carboxylic acids is 2. The molecule has 0 aliphatic carbocycles. The normalized spacial score (nSPS) is 21.8. The zero-order valence-electron chi connectivity index (χ0n) is 15.5. The van der Waals surface area contributed by atoms with Gasteiger partial charge in [0.1, 0.15) is 6.54 Å². The molecule has 3 aromatic rings. The van der Waals surface area contributed by atoms with Crippen LogP contribution in [-0.2, 0) is 28.1 Å². The predicted octanol–water partition coefficient (Wildman–Crippen LogP) is 3.46. The molecule has 6 heteroatoms. The van der Waals surface area contributed by atoms with Crippen molar-refractivity contribution in [3.8, 4) is 0 Å². The molecule has 0 saturated carbocycles. The van der Waals surface area contributed by atoms with Gasteiger partial charge < -0.3 is 14.8 Å². The second-order valence-corrected chi connectivity index (χ2v) is 8.12. The molecular weight excluding hydrogens is 374 g/mol. The van der Waals surface area contributed by atoms with E-state index in [4.69, 9.17) is 11.6 Å². The zero-order valence-corrected chi connectivity index (χ0v) is 16.3. The first kappa shape index (κ1) is 17.3. The first-order chi connectivity index (χ1) is 13.5. The summed E-state index contributed by atoms with van der Waals surface area (Å²) in [6.07, 6.45) is 0.755. The quantitative estimate of drug-likeness (QED) is 0.724. The molecule has 5 nitrogen and oxygen atoms in total. The monoisotopic (exact) mass is 393 g/mol. The number of carbonyl (C=O) groups is 2. The lowest BCUT2D eigenvalue weighted by Gasteiger charge is -2.49. The van der Waals surface area contributed by atoms with Crippen LogP contribution < -0.4 is 0 Å². The Labute approximate surface area is 167 Å². The number of nitrogens with zero attached hydrogens (tertiary/aromatic N) is 2. The third-order valence-electron chi connectivity index (χ3n) is 6.04. The van der Waals surface area contributed by atoms with Crippen LogP contribution in [-0.4, -0.2) is 39.7 Å². The summed E-state index contributed by atoms with van der Waals surface area (Å²) in [6, 6.07) is 15.5. The number of hydrogen-bond donors (Lipinski definition) is 1. The Morgan fingerprint density at radius 3 is 2.64 bits per heavy atom. The smallest absolute Gasteiger partial charge is 0.255 e. The molecule has 0 unspecified atom stereocenters. The van der Waals surface area contributed by atoms with Crippen LogP contribution >= 0.6 is 11.6 Å². The van der Waals surface area contributed by atoms with Gasteiger partial charge in [-0.1, -0.05) is 41.9 Å². The van der Waals surface area contributed by atoms with Gasteiger partial charge in [-0.15, -0.1) is 0 Å². The van der Waals surface area contributed by atoms with Crippen molar-refractivity contribution in [3.05, 3.63) is 70.4 Å². The van der Waals surface area contributed by atoms with Crippen LogP contribution in [0, 0.1) is 0 Å². The highest BCUT2D eigenvalue weighted by Gasteiger charge is 2.53. The standard InChI is InChI=1S/C22H20ClN3O2/c1-22-20-17(16-4-2-3-5-18(16)24-20)10-11-26(22)19(27)13-25(21(22)28)12-14-6-8-15(23)9-7-14/h2-9,24H,10-13H2,1H3/t22-/m1/s1. The van der Waals surface area contributed by atoms with E-state index < -0.39 is 5.54 Å². The Kier molecular flexibility index (Phi) is 3.78. The van der Waals surface area contributed by atoms with E-state index in [1.165, 1.54) is 0 Å². The minimum Gasteiger partial charge on any atom is -0.356 e. The van der Waals surface area contributed by atoms with Crippen molar-refractivity contribution >= 4 is 34.3 Å². The lowest BCUT2D eigenvalue weighted by molar-refractivity contribution is -0.166. The molecule has 142 valence electrons. The molecule has 2 aliphatic heterocycles. The average molecular weight is 394 g/mol. The molecule has 1 atom stereocenters. The highest BCUT2D eigenvalue weighted by atomic mass is 35.5. The fourth-order valence-electron chi connectivity index (χ4n) is 4.62. The molecule has 1 saturated heterocycles. The SMILES string of the molecule is C[C@@]12C(=O)N(Cc3ccc(Cl)cc3)CC(=O)N1CCc1c2[nH]c2ccccc12. The summed E-state index contributed by atoms with van der Waals surface area (Å²) >= 11 is 5.97. The second kappa shape index (κ2) is 6.11. The van der Waals surface area contributed by atoms with Crippen LogP contribution in [0.1, 0.15) is 23.7 Å². The van der Waals surface area contributed by atoms with Crippen molar-refractivity contribution in [3.63, 3.8) is 0 Å². The molecule has 5 rings (SSSR count). The third-order valence-corrected chi connectivity index (χ3v) is 6.30. The molecule has 3 heterocycles. The van der Waals surface area contributed by atoms with Gasteiger partial charge in [0.15, 0.2) is 5.54 Å². The van der Waals surface area contributed by atoms with Gasteiger partial charge in [0.05, 0.1) is 5.69 Å². The summed E-state index contributed by atoms with van der Waals surface area (Å²) in [5, 5.41) is 1.78. The largest absolute Gasteiger partial charge is 0.356 e. The molecule has 2 aliphatic rings. The van der Waals surface area contributed by atoms with Crippen LogP contribution in [0.4, 0.5) is 0 Å². The van der Waals surface area contributed by atoms with Crippen LogP contribution in [0.15, 0.2) is 48.5 Å². The molecule has 1 fully saturated rings. The minimum atomic E-state index is -1.01. The minimum absolute atomic E-state index is 0.0135. The number of nitrogens with one attached hydrogen (secondary N) is 1. The second-order valence-electron chi connectivity index (χ2n) is 7.68. The van der Waals surface area contributed by atoms with E-state index in [1.807, 2.05) is 37.3 Å². The Morgan fingerprint density at radius 2 is 1.86 bits per heavy atom. The molecule has 28 heavy (non-hydrogen) atoms. The van der Waals surface area contributed by atoms with Crippen LogP contribution in [0.2, 0.25) is 5.02 Å². The van der Waals surface area contributed by atoms with Gasteiger partial charge in [0.2, 0.25) is 5.91 Å². The summed E-state index contributed by atoms with van der Waals surface area (Å²) in [5.41, 5.74) is 2.94. The van der Waals surface area contributed by atoms with Gasteiger partial charge in [0, 0.05) is 29.0 Å². The van der Waals surface area contributed by atoms with Gasteiger partial charge in [-0.25, -0.2) is 0 Å². The van der Waals surface area contributed by atoms with Gasteiger partial charge in [0.25, 0.3) is 5.91 Å². The molecule has 0 bridgehead atoms. The lowest BCUT2D eigenvalue weighted by Crippen LogP contribution is -2.66. The van der Waals surface area contributed by atoms with Crippen molar-refractivity contribution in [2.45, 2.75) is 25.4 Å². The number of aromatic nitrogens is 1. The van der Waals surface area contributed by atoms with Crippen molar-refractivity contribution in [2.75, 3.05) is 13.1 Å². The van der Waals surface area contributed by atoms with Crippen LogP contribution in [0.25, 0.3) is 10.9 Å². The Morgan fingerprint density at radius 1 is 1.11 bits per heavy atom. The maximum atomic E-state index is 13.6. The number of benzene rings is 2. The number of rotatable bonds is 2. The maximum Gasteiger partial charge on any atom is 0.255 e. The van der Waals surface area contributed by atoms with Crippen molar-refractivity contribution in [1.29, 1.82) is 0 Å². The van der Waals surface area contributed by atoms with Crippen molar-refractivity contribution in [1.82, 2.24) is 14.8 Å². The number of aromatic amines is 1. The number of fused-ring (bicyclic) bond motifs is 5. The number of para-hydroxylation sites is 1. The Hall–Kier alpha value is -2.79. The summed E-state index contributed by atoms with van der Waals surface area (Å²) in [5.74, 6) is -0.0603. The summed E-state index contributed by atoms with van der Waals surface area (Å²) < 4.78 is 0. The molecule has 0 radical (unpaired) electrons. The fourth-order valence-corrected chi connectivity index (χ4v) is 4.75. The third kappa shape index (κ3) is 2.39. The molecule has 2 aromatic carbocycles. The fraction of sp³-hybridized carbons (Fsp3) is 0.273. The molecule has 0 spiro atoms. The van der Waals surface area contributed by atoms with Crippen LogP contribution in [0.3, 0.4) is 0 Å². The number of halogens is 1. The predicted molar refractivity (Wildman–Crippen MR) is 108 cm³/mol. The van der Waals surface area contributed by atoms with Crippen molar-refractivity contribution < 1.29 is 9.59 Å². The van der Waals surface area contributed by atoms with E-state index in [-0.39, 0.29) is 18.4 Å². The van der Waals surface area contributed by atoms with E-state index in [2.05, 4.69) is 11.1 Å². The highest BCUT2D eigenvalue weighted by molar-refractivity contribution is 6.30. The summed E-state index contributed by atoms with van der Waals surface area (Å²) in [4.78, 5) is 33.4. The number of amides is 2. The van der Waals surface area contributed by atoms with Gasteiger partial charge in [-0.05, 0) is 42.7 Å². The summed E-state index contributed by atoms with van der Waals surface area (Å²) in [7, 11) is 0. The van der Waals surface area contributed by atoms with E-state index in [1.54, 1.807) is 21.9 Å². The van der Waals surface area contributed by atoms with E-state index in [0.29, 0.717) is 18.1 Å². The maximum absolute atomic E-state index is 13.6. The number of H-pyrrole nitrogens is 1.